The summed E-state index contributed by atoms with van der Waals surface area (Å²) in [6, 6.07) is 0.970. The molecule has 0 radical (unpaired) electrons. The Morgan fingerprint density at radius 2 is 2.29 bits per heavy atom. The summed E-state index contributed by atoms with van der Waals surface area (Å²) >= 11 is 5.60. The van der Waals surface area contributed by atoms with Crippen molar-refractivity contribution in [2.75, 3.05) is 7.11 Å². The minimum absolute atomic E-state index is 0.00562. The molecule has 0 amide bonds. The number of carbonyl (C=O) groups is 1. The second-order valence-corrected chi connectivity index (χ2v) is 2.77. The molecule has 0 atom stereocenters. The zero-order chi connectivity index (χ0) is 10.7. The van der Waals surface area contributed by atoms with Crippen LogP contribution in [0.15, 0.2) is 6.07 Å². The number of pyridine rings is 1. The van der Waals surface area contributed by atoms with Gasteiger partial charge in [-0.2, -0.15) is 0 Å². The van der Waals surface area contributed by atoms with Gasteiger partial charge in [-0.1, -0.05) is 11.6 Å². The molecule has 0 spiro atoms. The fourth-order valence-electron chi connectivity index (χ4n) is 0.934. The maximum Gasteiger partial charge on any atom is 0.280 e. The Kier molecular flexibility index (Phi) is 3.35. The molecular weight excluding hydrogens is 216 g/mol. The van der Waals surface area contributed by atoms with Gasteiger partial charge in [0.2, 0.25) is 0 Å². The number of rotatable bonds is 3. The van der Waals surface area contributed by atoms with Crippen molar-refractivity contribution >= 4 is 17.9 Å². The van der Waals surface area contributed by atoms with E-state index in [2.05, 4.69) is 4.98 Å². The monoisotopic (exact) mass is 221 g/mol. The predicted molar refractivity (Wildman–Crippen MR) is 46.1 cm³/mol. The van der Waals surface area contributed by atoms with Gasteiger partial charge in [-0.15, -0.1) is 0 Å². The number of aldehydes is 1. The lowest BCUT2D eigenvalue weighted by Crippen LogP contribution is -2.00. The molecule has 0 bridgehead atoms. The van der Waals surface area contributed by atoms with Gasteiger partial charge in [0.1, 0.15) is 11.4 Å². The van der Waals surface area contributed by atoms with Crippen molar-refractivity contribution in [1.82, 2.24) is 4.98 Å². The first-order valence-corrected chi connectivity index (χ1v) is 3.95. The van der Waals surface area contributed by atoms with E-state index >= 15 is 0 Å². The largest absolute Gasteiger partial charge is 0.493 e. The Balaban J connectivity index is 3.31. The molecule has 0 fully saturated rings. The second-order valence-electron chi connectivity index (χ2n) is 2.37. The summed E-state index contributed by atoms with van der Waals surface area (Å²) in [5.74, 6) is 0.00562. The summed E-state index contributed by atoms with van der Waals surface area (Å²) in [7, 11) is 1.28. The Morgan fingerprint density at radius 3 is 2.71 bits per heavy atom. The molecule has 0 N–H and O–H groups in total. The molecule has 14 heavy (non-hydrogen) atoms. The molecule has 0 aliphatic heterocycles. The predicted octanol–water partition coefficient (Wildman–Crippen LogP) is 2.49. The molecule has 0 unspecified atom stereocenters. The van der Waals surface area contributed by atoms with E-state index < -0.39 is 12.1 Å². The van der Waals surface area contributed by atoms with Crippen LogP contribution in [0.1, 0.15) is 22.6 Å². The summed E-state index contributed by atoms with van der Waals surface area (Å²) < 4.78 is 29.2. The van der Waals surface area contributed by atoms with Crippen molar-refractivity contribution in [2.45, 2.75) is 6.43 Å². The average molecular weight is 222 g/mol. The Morgan fingerprint density at radius 1 is 1.64 bits per heavy atom. The zero-order valence-electron chi connectivity index (χ0n) is 7.13. The minimum Gasteiger partial charge on any atom is -0.493 e. The van der Waals surface area contributed by atoms with Crippen LogP contribution in [0.2, 0.25) is 5.02 Å². The quantitative estimate of drug-likeness (QED) is 0.736. The van der Waals surface area contributed by atoms with E-state index in [0.29, 0.717) is 6.29 Å². The average Bonchev–Trinajstić information content (AvgIpc) is 2.16. The highest BCUT2D eigenvalue weighted by atomic mass is 35.5. The SMILES string of the molecule is COc1c(Cl)cc(C(F)F)nc1C=O. The van der Waals surface area contributed by atoms with Gasteiger partial charge in [0, 0.05) is 0 Å². The van der Waals surface area contributed by atoms with Crippen molar-refractivity contribution in [3.05, 3.63) is 22.5 Å². The van der Waals surface area contributed by atoms with Gasteiger partial charge >= 0.3 is 0 Å². The van der Waals surface area contributed by atoms with E-state index in [4.69, 9.17) is 16.3 Å². The van der Waals surface area contributed by atoms with Crippen LogP contribution in [-0.4, -0.2) is 18.4 Å². The van der Waals surface area contributed by atoms with Gasteiger partial charge in [0.25, 0.3) is 6.43 Å². The summed E-state index contributed by atoms with van der Waals surface area (Å²) in [5, 5.41) is -0.0556. The number of methoxy groups -OCH3 is 1. The van der Waals surface area contributed by atoms with Gasteiger partial charge in [-0.3, -0.25) is 4.79 Å². The lowest BCUT2D eigenvalue weighted by molar-refractivity contribution is 0.111. The van der Waals surface area contributed by atoms with Gasteiger partial charge < -0.3 is 4.74 Å². The van der Waals surface area contributed by atoms with Crippen molar-refractivity contribution in [3.63, 3.8) is 0 Å². The Bertz CT molecular complexity index is 357. The minimum atomic E-state index is -2.77. The van der Waals surface area contributed by atoms with Crippen LogP contribution in [0, 0.1) is 0 Å². The Hall–Kier alpha value is -1.23. The van der Waals surface area contributed by atoms with Crippen molar-refractivity contribution in [3.8, 4) is 5.75 Å². The van der Waals surface area contributed by atoms with Gasteiger partial charge in [-0.05, 0) is 6.07 Å². The molecule has 1 aromatic heterocycles. The van der Waals surface area contributed by atoms with Crippen molar-refractivity contribution in [1.29, 1.82) is 0 Å². The zero-order valence-corrected chi connectivity index (χ0v) is 7.89. The lowest BCUT2D eigenvalue weighted by atomic mass is 10.3. The van der Waals surface area contributed by atoms with E-state index in [1.807, 2.05) is 0 Å². The maximum atomic E-state index is 12.2. The first-order chi connectivity index (χ1) is 6.60. The summed E-state index contributed by atoms with van der Waals surface area (Å²) in [6.45, 7) is 0. The second kappa shape index (κ2) is 4.32. The summed E-state index contributed by atoms with van der Waals surface area (Å²) in [4.78, 5) is 13.9. The molecular formula is C8H6ClF2NO2. The molecule has 0 saturated carbocycles. The molecule has 0 aromatic carbocycles. The molecule has 1 aromatic rings. The molecule has 1 rings (SSSR count). The third-order valence-corrected chi connectivity index (χ3v) is 1.79. The highest BCUT2D eigenvalue weighted by Gasteiger charge is 2.16. The number of nitrogens with zero attached hydrogens (tertiary/aromatic N) is 1. The molecule has 3 nitrogen and oxygen atoms in total. The van der Waals surface area contributed by atoms with E-state index in [9.17, 15) is 13.6 Å². The molecule has 1 heterocycles. The van der Waals surface area contributed by atoms with Crippen LogP contribution >= 0.6 is 11.6 Å². The highest BCUT2D eigenvalue weighted by Crippen LogP contribution is 2.30. The van der Waals surface area contributed by atoms with Gasteiger partial charge in [0.05, 0.1) is 12.1 Å². The van der Waals surface area contributed by atoms with Crippen LogP contribution in [0.3, 0.4) is 0 Å². The van der Waals surface area contributed by atoms with Crippen LogP contribution in [0.4, 0.5) is 8.78 Å². The van der Waals surface area contributed by atoms with Crippen molar-refractivity contribution < 1.29 is 18.3 Å². The van der Waals surface area contributed by atoms with Gasteiger partial charge in [-0.25, -0.2) is 13.8 Å². The van der Waals surface area contributed by atoms with E-state index in [-0.39, 0.29) is 16.5 Å². The fraction of sp³-hybridized carbons (Fsp3) is 0.250. The number of alkyl halides is 2. The lowest BCUT2D eigenvalue weighted by Gasteiger charge is -2.07. The fourth-order valence-corrected chi connectivity index (χ4v) is 1.22. The number of halogens is 3. The smallest absolute Gasteiger partial charge is 0.280 e. The maximum absolute atomic E-state index is 12.2. The standard InChI is InChI=1S/C8H6ClF2NO2/c1-14-7-4(9)2-5(8(10)11)12-6(7)3-13/h2-3,8H,1H3. The first kappa shape index (κ1) is 10.8. The molecule has 0 saturated heterocycles. The summed E-state index contributed by atoms with van der Waals surface area (Å²) in [5.41, 5.74) is -0.770. The number of carbonyl (C=O) groups excluding carboxylic acids is 1. The van der Waals surface area contributed by atoms with Crippen LogP contribution in [-0.2, 0) is 0 Å². The third-order valence-electron chi connectivity index (χ3n) is 1.51. The van der Waals surface area contributed by atoms with E-state index in [1.54, 1.807) is 0 Å². The van der Waals surface area contributed by atoms with Crippen LogP contribution < -0.4 is 4.74 Å². The molecule has 6 heteroatoms. The highest BCUT2D eigenvalue weighted by molar-refractivity contribution is 6.32. The number of hydrogen-bond acceptors (Lipinski definition) is 3. The first-order valence-electron chi connectivity index (χ1n) is 3.58. The third kappa shape index (κ3) is 1.98. The number of aromatic nitrogens is 1. The topological polar surface area (TPSA) is 39.2 Å². The van der Waals surface area contributed by atoms with E-state index in [1.165, 1.54) is 7.11 Å². The van der Waals surface area contributed by atoms with Crippen LogP contribution in [0.5, 0.6) is 5.75 Å². The van der Waals surface area contributed by atoms with Gasteiger partial charge in [0.15, 0.2) is 12.0 Å². The Labute approximate surface area is 83.7 Å². The molecule has 76 valence electrons. The van der Waals surface area contributed by atoms with Crippen molar-refractivity contribution in [2.24, 2.45) is 0 Å². The van der Waals surface area contributed by atoms with Crippen LogP contribution in [0.25, 0.3) is 0 Å². The molecule has 0 aliphatic carbocycles. The normalized spacial score (nSPS) is 10.4. The summed E-state index contributed by atoms with van der Waals surface area (Å²) in [6.07, 6.45) is -2.45. The molecule has 0 aliphatic rings. The number of hydrogen-bond donors (Lipinski definition) is 0. The number of ether oxygens (including phenoxy) is 1. The van der Waals surface area contributed by atoms with E-state index in [0.717, 1.165) is 6.07 Å².